The number of carboxylic acids is 1. The van der Waals surface area contributed by atoms with Crippen molar-refractivity contribution in [2.75, 3.05) is 0 Å². The molecule has 2 nitrogen and oxygen atoms in total. The molecule has 0 amide bonds. The van der Waals surface area contributed by atoms with Crippen molar-refractivity contribution < 1.29 is 9.90 Å². The molecule has 0 radical (unpaired) electrons. The Kier molecular flexibility index (Phi) is 15.8. The van der Waals surface area contributed by atoms with Gasteiger partial charge >= 0.3 is 5.97 Å². The van der Waals surface area contributed by atoms with E-state index in [-0.39, 0.29) is 6.42 Å². The van der Waals surface area contributed by atoms with Gasteiger partial charge in [-0.25, -0.2) is 0 Å². The highest BCUT2D eigenvalue weighted by molar-refractivity contribution is 5.66. The summed E-state index contributed by atoms with van der Waals surface area (Å²) in [6.07, 6.45) is 28.4. The van der Waals surface area contributed by atoms with Crippen molar-refractivity contribution in [2.45, 2.75) is 58.3 Å². The standard InChI is InChI=1S/C20H30O2/c1-2-3-4-5-6-7-8-9-10-11-12-13-14-15-16-17-18-19-20(21)22/h3-4,6-7,9-10,12-13,15-16H,2,5,8,11,14,17-19H2,1H3,(H,21,22)/b4-3-,7-6+,10-9+,13-12-,16-15-. The van der Waals surface area contributed by atoms with Gasteiger partial charge in [-0.05, 0) is 44.9 Å². The zero-order valence-electron chi connectivity index (χ0n) is 13.8. The Morgan fingerprint density at radius 1 is 0.727 bits per heavy atom. The van der Waals surface area contributed by atoms with E-state index in [0.29, 0.717) is 0 Å². The fourth-order valence-corrected chi connectivity index (χ4v) is 1.74. The van der Waals surface area contributed by atoms with Crippen molar-refractivity contribution in [3.05, 3.63) is 60.8 Å². The molecule has 0 heterocycles. The number of hydrogen-bond acceptors (Lipinski definition) is 1. The van der Waals surface area contributed by atoms with Gasteiger partial charge in [-0.1, -0.05) is 67.7 Å². The lowest BCUT2D eigenvalue weighted by atomic mass is 10.2. The third-order valence-corrected chi connectivity index (χ3v) is 2.92. The smallest absolute Gasteiger partial charge is 0.303 e. The van der Waals surface area contributed by atoms with Gasteiger partial charge in [0.05, 0.1) is 0 Å². The highest BCUT2D eigenvalue weighted by Gasteiger charge is 1.92. The van der Waals surface area contributed by atoms with Crippen molar-refractivity contribution in [1.82, 2.24) is 0 Å². The van der Waals surface area contributed by atoms with E-state index < -0.39 is 5.97 Å². The average Bonchev–Trinajstić information content (AvgIpc) is 2.50. The molecule has 0 aromatic rings. The van der Waals surface area contributed by atoms with Crippen LogP contribution in [0, 0.1) is 0 Å². The van der Waals surface area contributed by atoms with Crippen LogP contribution in [0.4, 0.5) is 0 Å². The minimum absolute atomic E-state index is 0.258. The zero-order chi connectivity index (χ0) is 16.3. The molecule has 0 spiro atoms. The fourth-order valence-electron chi connectivity index (χ4n) is 1.74. The summed E-state index contributed by atoms with van der Waals surface area (Å²) in [5.74, 6) is -0.715. The maximum Gasteiger partial charge on any atom is 0.303 e. The first-order valence-electron chi connectivity index (χ1n) is 8.24. The molecule has 0 aliphatic rings. The van der Waals surface area contributed by atoms with Crippen molar-refractivity contribution in [2.24, 2.45) is 0 Å². The molecule has 0 saturated carbocycles. The van der Waals surface area contributed by atoms with E-state index >= 15 is 0 Å². The molecule has 2 heteroatoms. The summed E-state index contributed by atoms with van der Waals surface area (Å²) in [6, 6.07) is 0. The van der Waals surface area contributed by atoms with Gasteiger partial charge in [0.2, 0.25) is 0 Å². The minimum Gasteiger partial charge on any atom is -0.481 e. The molecule has 122 valence electrons. The predicted molar refractivity (Wildman–Crippen MR) is 95.9 cm³/mol. The normalized spacial score (nSPS) is 12.8. The molecule has 0 aromatic carbocycles. The van der Waals surface area contributed by atoms with Crippen LogP contribution in [0.25, 0.3) is 0 Å². The number of allylic oxidation sites excluding steroid dienone is 10. The maximum atomic E-state index is 10.3. The van der Waals surface area contributed by atoms with E-state index in [1.54, 1.807) is 0 Å². The summed E-state index contributed by atoms with van der Waals surface area (Å²) >= 11 is 0. The Bertz CT molecular complexity index is 398. The van der Waals surface area contributed by atoms with Crippen LogP contribution in [0.15, 0.2) is 60.8 Å². The Hall–Kier alpha value is -1.83. The topological polar surface area (TPSA) is 37.3 Å². The van der Waals surface area contributed by atoms with Crippen LogP contribution in [0.1, 0.15) is 58.3 Å². The Labute approximate surface area is 135 Å². The summed E-state index contributed by atoms with van der Waals surface area (Å²) in [4.78, 5) is 10.3. The van der Waals surface area contributed by atoms with Gasteiger partial charge in [-0.2, -0.15) is 0 Å². The third-order valence-electron chi connectivity index (χ3n) is 2.92. The zero-order valence-corrected chi connectivity index (χ0v) is 13.8. The molecule has 1 N–H and O–H groups in total. The average molecular weight is 302 g/mol. The van der Waals surface area contributed by atoms with Crippen LogP contribution < -0.4 is 0 Å². The molecular weight excluding hydrogens is 272 g/mol. The number of aliphatic carboxylic acids is 1. The first-order valence-corrected chi connectivity index (χ1v) is 8.24. The number of rotatable bonds is 13. The third kappa shape index (κ3) is 18.2. The van der Waals surface area contributed by atoms with Gasteiger partial charge in [0, 0.05) is 6.42 Å². The van der Waals surface area contributed by atoms with Gasteiger partial charge in [0.15, 0.2) is 0 Å². The molecule has 0 unspecified atom stereocenters. The van der Waals surface area contributed by atoms with Crippen molar-refractivity contribution in [3.63, 3.8) is 0 Å². The van der Waals surface area contributed by atoms with Crippen LogP contribution in [0.5, 0.6) is 0 Å². The van der Waals surface area contributed by atoms with E-state index in [2.05, 4.69) is 67.7 Å². The van der Waals surface area contributed by atoms with Crippen LogP contribution in [0.3, 0.4) is 0 Å². The van der Waals surface area contributed by atoms with Crippen molar-refractivity contribution in [1.29, 1.82) is 0 Å². The largest absolute Gasteiger partial charge is 0.481 e. The van der Waals surface area contributed by atoms with Gasteiger partial charge in [-0.3, -0.25) is 4.79 Å². The Balaban J connectivity index is 3.46. The van der Waals surface area contributed by atoms with Crippen molar-refractivity contribution >= 4 is 5.97 Å². The minimum atomic E-state index is -0.715. The van der Waals surface area contributed by atoms with Crippen LogP contribution in [0.2, 0.25) is 0 Å². The lowest BCUT2D eigenvalue weighted by molar-refractivity contribution is -0.137. The molecule has 0 aliphatic heterocycles. The lowest BCUT2D eigenvalue weighted by Crippen LogP contribution is -1.92. The summed E-state index contributed by atoms with van der Waals surface area (Å²) in [5, 5.41) is 8.49. The molecule has 0 saturated heterocycles. The van der Waals surface area contributed by atoms with E-state index in [0.717, 1.165) is 44.9 Å². The number of carbonyl (C=O) groups is 1. The highest BCUT2D eigenvalue weighted by atomic mass is 16.4. The molecule has 0 bridgehead atoms. The quantitative estimate of drug-likeness (QED) is 0.335. The van der Waals surface area contributed by atoms with E-state index in [1.165, 1.54) is 0 Å². The van der Waals surface area contributed by atoms with Gasteiger partial charge in [0.25, 0.3) is 0 Å². The molecular formula is C20H30O2. The van der Waals surface area contributed by atoms with Crippen LogP contribution >= 0.6 is 0 Å². The summed E-state index contributed by atoms with van der Waals surface area (Å²) < 4.78 is 0. The Morgan fingerprint density at radius 3 is 1.55 bits per heavy atom. The summed E-state index contributed by atoms with van der Waals surface area (Å²) in [5.41, 5.74) is 0. The molecule has 22 heavy (non-hydrogen) atoms. The fraction of sp³-hybridized carbons (Fsp3) is 0.450. The van der Waals surface area contributed by atoms with Gasteiger partial charge < -0.3 is 5.11 Å². The lowest BCUT2D eigenvalue weighted by Gasteiger charge is -1.89. The van der Waals surface area contributed by atoms with E-state index in [1.807, 2.05) is 0 Å². The predicted octanol–water partition coefficient (Wildman–Crippen LogP) is 5.99. The molecule has 0 rings (SSSR count). The second-order valence-corrected chi connectivity index (χ2v) is 4.99. The van der Waals surface area contributed by atoms with Crippen LogP contribution in [-0.2, 0) is 4.79 Å². The van der Waals surface area contributed by atoms with Gasteiger partial charge in [-0.15, -0.1) is 0 Å². The molecule has 0 fully saturated rings. The summed E-state index contributed by atoms with van der Waals surface area (Å²) in [7, 11) is 0. The number of hydrogen-bond donors (Lipinski definition) is 1. The monoisotopic (exact) mass is 302 g/mol. The van der Waals surface area contributed by atoms with E-state index in [4.69, 9.17) is 5.11 Å². The highest BCUT2D eigenvalue weighted by Crippen LogP contribution is 1.99. The SMILES string of the molecule is CC/C=C\C/C=C/C/C=C/C/C=C\C/C=C\CCCC(=O)O. The molecule has 0 atom stereocenters. The first kappa shape index (κ1) is 20.2. The first-order chi connectivity index (χ1) is 10.8. The second kappa shape index (κ2) is 17.2. The summed E-state index contributed by atoms with van der Waals surface area (Å²) in [6.45, 7) is 2.14. The maximum absolute atomic E-state index is 10.3. The molecule has 0 aliphatic carbocycles. The van der Waals surface area contributed by atoms with Crippen molar-refractivity contribution in [3.8, 4) is 0 Å². The number of unbranched alkanes of at least 4 members (excludes halogenated alkanes) is 1. The van der Waals surface area contributed by atoms with Crippen LogP contribution in [-0.4, -0.2) is 11.1 Å². The number of carboxylic acid groups (broad SMARTS) is 1. The van der Waals surface area contributed by atoms with Gasteiger partial charge in [0.1, 0.15) is 0 Å². The Morgan fingerprint density at radius 2 is 1.14 bits per heavy atom. The second-order valence-electron chi connectivity index (χ2n) is 4.99. The van der Waals surface area contributed by atoms with E-state index in [9.17, 15) is 4.79 Å². The molecule has 0 aromatic heterocycles.